The van der Waals surface area contributed by atoms with Crippen LogP contribution < -0.4 is 10.1 Å². The highest BCUT2D eigenvalue weighted by Crippen LogP contribution is 2.24. The number of hydrogen-bond donors (Lipinski definition) is 1. The van der Waals surface area contributed by atoms with E-state index >= 15 is 0 Å². The highest BCUT2D eigenvalue weighted by atomic mass is 16.6. The molecule has 1 unspecified atom stereocenters. The Bertz CT molecular complexity index is 488. The highest BCUT2D eigenvalue weighted by molar-refractivity contribution is 5.68. The lowest BCUT2D eigenvalue weighted by molar-refractivity contribution is 0.134. The van der Waals surface area contributed by atoms with Gasteiger partial charge in [0.1, 0.15) is 6.10 Å². The summed E-state index contributed by atoms with van der Waals surface area (Å²) in [6, 6.07) is 0.508. The van der Waals surface area contributed by atoms with Gasteiger partial charge in [0.25, 0.3) is 0 Å². The molecule has 1 aromatic heterocycles. The normalized spacial score (nSPS) is 21.4. The van der Waals surface area contributed by atoms with E-state index in [9.17, 15) is 4.79 Å². The van der Waals surface area contributed by atoms with E-state index in [2.05, 4.69) is 15.3 Å². The largest absolute Gasteiger partial charge is 0.467 e. The molecular weight excluding hydrogens is 246 g/mol. The van der Waals surface area contributed by atoms with E-state index < -0.39 is 0 Å². The third kappa shape index (κ3) is 2.94. The Morgan fingerprint density at radius 1 is 1.42 bits per heavy atom. The molecule has 2 aliphatic carbocycles. The molecule has 0 aliphatic heterocycles. The molecule has 1 fully saturated rings. The fourth-order valence-corrected chi connectivity index (χ4v) is 2.25. The summed E-state index contributed by atoms with van der Waals surface area (Å²) in [6.45, 7) is 0. The average molecular weight is 263 g/mol. The molecule has 1 aromatic rings. The van der Waals surface area contributed by atoms with Gasteiger partial charge in [-0.25, -0.2) is 9.78 Å². The standard InChI is InChI=1S/C13H17N3O3/c1-18-12-14-7-8-6-9(2-5-11(8)16-12)15-13(17)19-10-3-4-10/h7,9-10H,2-6H2,1H3,(H,15,17). The Balaban J connectivity index is 1.60. The van der Waals surface area contributed by atoms with Crippen LogP contribution in [0.5, 0.6) is 6.01 Å². The van der Waals surface area contributed by atoms with E-state index in [1.165, 1.54) is 0 Å². The maximum Gasteiger partial charge on any atom is 0.407 e. The van der Waals surface area contributed by atoms with E-state index in [4.69, 9.17) is 9.47 Å². The van der Waals surface area contributed by atoms with Crippen LogP contribution in [0.1, 0.15) is 30.5 Å². The van der Waals surface area contributed by atoms with Gasteiger partial charge in [0.15, 0.2) is 0 Å². The van der Waals surface area contributed by atoms with Gasteiger partial charge < -0.3 is 14.8 Å². The molecular formula is C13H17N3O3. The fourth-order valence-electron chi connectivity index (χ4n) is 2.25. The van der Waals surface area contributed by atoms with Gasteiger partial charge in [-0.05, 0) is 37.7 Å². The van der Waals surface area contributed by atoms with E-state index in [0.29, 0.717) is 6.01 Å². The molecule has 0 bridgehead atoms. The summed E-state index contributed by atoms with van der Waals surface area (Å²) in [7, 11) is 1.56. The van der Waals surface area contributed by atoms with Crippen molar-refractivity contribution in [1.82, 2.24) is 15.3 Å². The van der Waals surface area contributed by atoms with Gasteiger partial charge in [0.05, 0.1) is 12.8 Å². The van der Waals surface area contributed by atoms with Crippen molar-refractivity contribution in [2.24, 2.45) is 0 Å². The summed E-state index contributed by atoms with van der Waals surface area (Å²) in [5.41, 5.74) is 2.09. The van der Waals surface area contributed by atoms with Gasteiger partial charge in [0.2, 0.25) is 0 Å². The summed E-state index contributed by atoms with van der Waals surface area (Å²) in [5.74, 6) is 0. The van der Waals surface area contributed by atoms with Crippen LogP contribution in [0.2, 0.25) is 0 Å². The number of carbonyl (C=O) groups is 1. The number of methoxy groups -OCH3 is 1. The topological polar surface area (TPSA) is 73.3 Å². The summed E-state index contributed by atoms with van der Waals surface area (Å²) in [5, 5.41) is 2.91. The Morgan fingerprint density at radius 3 is 3.00 bits per heavy atom. The van der Waals surface area contributed by atoms with Crippen LogP contribution in [0, 0.1) is 0 Å². The van der Waals surface area contributed by atoms with Crippen LogP contribution in [0.15, 0.2) is 6.20 Å². The van der Waals surface area contributed by atoms with Crippen molar-refractivity contribution in [1.29, 1.82) is 0 Å². The molecule has 2 aliphatic rings. The molecule has 0 radical (unpaired) electrons. The third-order valence-electron chi connectivity index (χ3n) is 3.43. The zero-order chi connectivity index (χ0) is 13.2. The number of nitrogens with zero attached hydrogens (tertiary/aromatic N) is 2. The van der Waals surface area contributed by atoms with Crippen molar-refractivity contribution in [2.45, 2.75) is 44.2 Å². The van der Waals surface area contributed by atoms with Crippen molar-refractivity contribution in [2.75, 3.05) is 7.11 Å². The molecule has 1 saturated carbocycles. The number of ether oxygens (including phenoxy) is 2. The van der Waals surface area contributed by atoms with Crippen LogP contribution in [0.3, 0.4) is 0 Å². The van der Waals surface area contributed by atoms with Crippen LogP contribution in [-0.2, 0) is 17.6 Å². The first kappa shape index (κ1) is 12.2. The molecule has 6 heteroatoms. The number of aromatic nitrogens is 2. The minimum absolute atomic E-state index is 0.107. The fraction of sp³-hybridized carbons (Fsp3) is 0.615. The molecule has 1 atom stereocenters. The zero-order valence-electron chi connectivity index (χ0n) is 10.9. The number of carbonyl (C=O) groups excluding carboxylic acids is 1. The number of rotatable bonds is 3. The SMILES string of the molecule is COc1ncc2c(n1)CCC(NC(=O)OC1CC1)C2. The Labute approximate surface area is 111 Å². The van der Waals surface area contributed by atoms with Crippen molar-refractivity contribution in [3.63, 3.8) is 0 Å². The van der Waals surface area contributed by atoms with Crippen molar-refractivity contribution in [3.8, 4) is 6.01 Å². The molecule has 0 spiro atoms. The van der Waals surface area contributed by atoms with Crippen molar-refractivity contribution >= 4 is 6.09 Å². The van der Waals surface area contributed by atoms with Gasteiger partial charge in [-0.1, -0.05) is 0 Å². The van der Waals surface area contributed by atoms with Crippen LogP contribution in [-0.4, -0.2) is 35.3 Å². The third-order valence-corrected chi connectivity index (χ3v) is 3.43. The van der Waals surface area contributed by atoms with E-state index in [1.54, 1.807) is 13.3 Å². The van der Waals surface area contributed by atoms with E-state index in [0.717, 1.165) is 43.4 Å². The average Bonchev–Trinajstić information content (AvgIpc) is 3.21. The zero-order valence-corrected chi connectivity index (χ0v) is 10.9. The molecule has 6 nitrogen and oxygen atoms in total. The smallest absolute Gasteiger partial charge is 0.407 e. The van der Waals surface area contributed by atoms with Crippen LogP contribution >= 0.6 is 0 Å². The maximum atomic E-state index is 11.6. The molecule has 1 amide bonds. The molecule has 0 aromatic carbocycles. The minimum atomic E-state index is -0.301. The van der Waals surface area contributed by atoms with Gasteiger partial charge in [-0.15, -0.1) is 0 Å². The first-order valence-corrected chi connectivity index (χ1v) is 6.60. The number of hydrogen-bond acceptors (Lipinski definition) is 5. The van der Waals surface area contributed by atoms with Gasteiger partial charge in [-0.3, -0.25) is 0 Å². The molecule has 1 heterocycles. The second-order valence-corrected chi connectivity index (χ2v) is 5.02. The van der Waals surface area contributed by atoms with Gasteiger partial charge in [0, 0.05) is 12.2 Å². The summed E-state index contributed by atoms with van der Waals surface area (Å²) in [4.78, 5) is 20.0. The molecule has 1 N–H and O–H groups in total. The first-order chi connectivity index (χ1) is 9.24. The second-order valence-electron chi connectivity index (χ2n) is 5.02. The van der Waals surface area contributed by atoms with Crippen LogP contribution in [0.25, 0.3) is 0 Å². The number of nitrogens with one attached hydrogen (secondary N) is 1. The van der Waals surface area contributed by atoms with Gasteiger partial charge in [-0.2, -0.15) is 4.98 Å². The van der Waals surface area contributed by atoms with E-state index in [-0.39, 0.29) is 18.2 Å². The highest BCUT2D eigenvalue weighted by Gasteiger charge is 2.28. The van der Waals surface area contributed by atoms with Crippen LogP contribution in [0.4, 0.5) is 4.79 Å². The number of fused-ring (bicyclic) bond motifs is 1. The van der Waals surface area contributed by atoms with Crippen molar-refractivity contribution in [3.05, 3.63) is 17.5 Å². The predicted molar refractivity (Wildman–Crippen MR) is 67.0 cm³/mol. The first-order valence-electron chi connectivity index (χ1n) is 6.60. The molecule has 102 valence electrons. The monoisotopic (exact) mass is 263 g/mol. The summed E-state index contributed by atoms with van der Waals surface area (Å²) < 4.78 is 10.2. The minimum Gasteiger partial charge on any atom is -0.467 e. The lowest BCUT2D eigenvalue weighted by atomic mass is 9.93. The van der Waals surface area contributed by atoms with Gasteiger partial charge >= 0.3 is 12.1 Å². The quantitative estimate of drug-likeness (QED) is 0.888. The molecule has 19 heavy (non-hydrogen) atoms. The predicted octanol–water partition coefficient (Wildman–Crippen LogP) is 1.23. The second kappa shape index (κ2) is 5.03. The molecule has 0 saturated heterocycles. The summed E-state index contributed by atoms with van der Waals surface area (Å²) >= 11 is 0. The van der Waals surface area contributed by atoms with E-state index in [1.807, 2.05) is 0 Å². The number of amides is 1. The number of aryl methyl sites for hydroxylation is 1. The Morgan fingerprint density at radius 2 is 2.26 bits per heavy atom. The Kier molecular flexibility index (Phi) is 3.23. The van der Waals surface area contributed by atoms with Crippen molar-refractivity contribution < 1.29 is 14.3 Å². The lowest BCUT2D eigenvalue weighted by Gasteiger charge is -2.24. The maximum absolute atomic E-state index is 11.6. The number of alkyl carbamates (subject to hydrolysis) is 1. The lowest BCUT2D eigenvalue weighted by Crippen LogP contribution is -2.39. The Hall–Kier alpha value is -1.85. The summed E-state index contributed by atoms with van der Waals surface area (Å²) in [6.07, 6.45) is 6.05. The molecule has 3 rings (SSSR count).